The second-order valence-electron chi connectivity index (χ2n) is 7.13. The van der Waals surface area contributed by atoms with Crippen LogP contribution in [0.3, 0.4) is 0 Å². The van der Waals surface area contributed by atoms with Gasteiger partial charge < -0.3 is 15.5 Å². The summed E-state index contributed by atoms with van der Waals surface area (Å²) in [6.45, 7) is 1.49. The normalized spacial score (nSPS) is 16.5. The molecule has 0 unspecified atom stereocenters. The van der Waals surface area contributed by atoms with Crippen molar-refractivity contribution in [2.75, 3.05) is 35.1 Å². The van der Waals surface area contributed by atoms with Crippen molar-refractivity contribution in [3.63, 3.8) is 0 Å². The van der Waals surface area contributed by atoms with Gasteiger partial charge in [-0.3, -0.25) is 4.72 Å². The number of hydrogen-bond acceptors (Lipinski definition) is 7. The fraction of sp³-hybridized carbons (Fsp3) is 0.250. The van der Waals surface area contributed by atoms with Crippen molar-refractivity contribution < 1.29 is 17.2 Å². The highest BCUT2D eigenvalue weighted by atomic mass is 32.2. The molecule has 0 saturated carbocycles. The fourth-order valence-electron chi connectivity index (χ4n) is 3.49. The van der Waals surface area contributed by atoms with Crippen LogP contribution in [0.4, 0.5) is 31.7 Å². The van der Waals surface area contributed by atoms with Crippen LogP contribution < -0.4 is 20.3 Å². The Labute approximate surface area is 183 Å². The Morgan fingerprint density at radius 2 is 2.03 bits per heavy atom. The molecule has 164 valence electrons. The highest BCUT2D eigenvalue weighted by Crippen LogP contribution is 2.33. The number of likely N-dealkylation sites (N-methyl/N-ethyl adjacent to an activating group) is 1. The Balaban J connectivity index is 1.57. The maximum Gasteiger partial charge on any atom is 0.265 e. The number of sulfonamides is 1. The molecule has 1 fully saturated rings. The van der Waals surface area contributed by atoms with Gasteiger partial charge in [-0.15, -0.1) is 11.3 Å². The number of rotatable bonds is 7. The summed E-state index contributed by atoms with van der Waals surface area (Å²) in [5, 5.41) is 7.81. The molecule has 2 heterocycles. The van der Waals surface area contributed by atoms with Gasteiger partial charge in [0.25, 0.3) is 10.0 Å². The van der Waals surface area contributed by atoms with Crippen molar-refractivity contribution >= 4 is 44.2 Å². The molecule has 11 heteroatoms. The van der Waals surface area contributed by atoms with Gasteiger partial charge >= 0.3 is 0 Å². The molecule has 1 aliphatic heterocycles. The van der Waals surface area contributed by atoms with E-state index in [0.29, 0.717) is 23.1 Å². The van der Waals surface area contributed by atoms with Crippen molar-refractivity contribution in [1.82, 2.24) is 10.3 Å². The first-order chi connectivity index (χ1) is 14.9. The van der Waals surface area contributed by atoms with Gasteiger partial charge in [0.1, 0.15) is 16.5 Å². The second-order valence-corrected chi connectivity index (χ2v) is 9.50. The summed E-state index contributed by atoms with van der Waals surface area (Å²) in [6, 6.07) is 8.41. The molecule has 0 spiro atoms. The Hall–Kier alpha value is -2.76. The van der Waals surface area contributed by atoms with Gasteiger partial charge in [-0.2, -0.15) is 0 Å². The van der Waals surface area contributed by atoms with E-state index >= 15 is 0 Å². The van der Waals surface area contributed by atoms with Crippen LogP contribution in [0.1, 0.15) is 6.42 Å². The Morgan fingerprint density at radius 1 is 1.19 bits per heavy atom. The number of aromatic nitrogens is 1. The number of nitrogens with zero attached hydrogens (tertiary/aromatic N) is 2. The van der Waals surface area contributed by atoms with Gasteiger partial charge in [0.05, 0.1) is 16.9 Å². The van der Waals surface area contributed by atoms with Gasteiger partial charge in [-0.1, -0.05) is 0 Å². The maximum atomic E-state index is 14.7. The van der Waals surface area contributed by atoms with Gasteiger partial charge in [0, 0.05) is 30.2 Å². The molecular formula is C20H21F2N5O2S2. The van der Waals surface area contributed by atoms with Crippen molar-refractivity contribution in [3.8, 4) is 0 Å². The number of benzene rings is 2. The van der Waals surface area contributed by atoms with Crippen LogP contribution in [0.5, 0.6) is 0 Å². The zero-order valence-corrected chi connectivity index (χ0v) is 18.2. The molecule has 2 aromatic carbocycles. The lowest BCUT2D eigenvalue weighted by atomic mass is 10.2. The first-order valence-electron chi connectivity index (χ1n) is 9.55. The smallest absolute Gasteiger partial charge is 0.265 e. The minimum absolute atomic E-state index is 0.132. The number of halogens is 2. The molecule has 3 N–H and O–H groups in total. The topological polar surface area (TPSA) is 86.4 Å². The van der Waals surface area contributed by atoms with Crippen LogP contribution in [0, 0.1) is 11.6 Å². The van der Waals surface area contributed by atoms with E-state index in [1.165, 1.54) is 46.5 Å². The van der Waals surface area contributed by atoms with E-state index in [-0.39, 0.29) is 11.6 Å². The third-order valence-electron chi connectivity index (χ3n) is 5.07. The van der Waals surface area contributed by atoms with Gasteiger partial charge in [-0.25, -0.2) is 22.2 Å². The molecule has 1 saturated heterocycles. The van der Waals surface area contributed by atoms with Crippen LogP contribution in [-0.4, -0.2) is 39.6 Å². The van der Waals surface area contributed by atoms with Crippen molar-refractivity contribution in [3.05, 3.63) is 58.9 Å². The molecule has 0 radical (unpaired) electrons. The lowest BCUT2D eigenvalue weighted by Gasteiger charge is -2.23. The largest absolute Gasteiger partial charge is 0.368 e. The molecule has 0 amide bonds. The number of anilines is 4. The number of hydrogen-bond donors (Lipinski definition) is 3. The summed E-state index contributed by atoms with van der Waals surface area (Å²) in [5.74, 6) is -1.14. The average molecular weight is 466 g/mol. The second kappa shape index (κ2) is 8.77. The van der Waals surface area contributed by atoms with E-state index in [2.05, 4.69) is 25.2 Å². The molecule has 3 aromatic rings. The maximum absolute atomic E-state index is 14.7. The van der Waals surface area contributed by atoms with Crippen molar-refractivity contribution in [2.45, 2.75) is 17.4 Å². The molecule has 1 aromatic heterocycles. The van der Waals surface area contributed by atoms with Crippen molar-refractivity contribution in [1.29, 1.82) is 0 Å². The molecule has 1 atom stereocenters. The summed E-state index contributed by atoms with van der Waals surface area (Å²) in [7, 11) is -2.22. The minimum Gasteiger partial charge on any atom is -0.368 e. The Morgan fingerprint density at radius 3 is 2.71 bits per heavy atom. The summed E-state index contributed by atoms with van der Waals surface area (Å²) < 4.78 is 55.7. The van der Waals surface area contributed by atoms with Crippen LogP contribution in [0.25, 0.3) is 0 Å². The predicted octanol–water partition coefficient (Wildman–Crippen LogP) is 3.76. The van der Waals surface area contributed by atoms with E-state index in [0.717, 1.165) is 25.6 Å². The van der Waals surface area contributed by atoms with E-state index in [9.17, 15) is 17.2 Å². The van der Waals surface area contributed by atoms with E-state index in [1.807, 2.05) is 7.05 Å². The highest BCUT2D eigenvalue weighted by molar-refractivity contribution is 7.92. The SMILES string of the molecule is CN[C@@H]1CCN(c2cc(F)ccc2Nc2ccc(S(=O)(=O)Nc3cscn3)c(F)c2)C1. The van der Waals surface area contributed by atoms with Crippen LogP contribution in [0.15, 0.2) is 52.2 Å². The number of nitrogens with one attached hydrogen (secondary N) is 3. The lowest BCUT2D eigenvalue weighted by Crippen LogP contribution is -2.29. The van der Waals surface area contributed by atoms with Gasteiger partial charge in [0.2, 0.25) is 0 Å². The summed E-state index contributed by atoms with van der Waals surface area (Å²) >= 11 is 1.22. The first kappa shape index (κ1) is 21.5. The van der Waals surface area contributed by atoms with Crippen LogP contribution in [-0.2, 0) is 10.0 Å². The van der Waals surface area contributed by atoms with Crippen LogP contribution >= 0.6 is 11.3 Å². The Kier molecular flexibility index (Phi) is 6.08. The lowest BCUT2D eigenvalue weighted by molar-refractivity contribution is 0.570. The Bertz CT molecular complexity index is 1170. The molecule has 0 bridgehead atoms. The molecule has 0 aliphatic carbocycles. The number of thiazole rings is 1. The summed E-state index contributed by atoms with van der Waals surface area (Å²) in [6.07, 6.45) is 0.930. The zero-order valence-electron chi connectivity index (χ0n) is 16.6. The molecular weight excluding hydrogens is 444 g/mol. The summed E-state index contributed by atoms with van der Waals surface area (Å²) in [4.78, 5) is 5.42. The van der Waals surface area contributed by atoms with Crippen LogP contribution in [0.2, 0.25) is 0 Å². The molecule has 31 heavy (non-hydrogen) atoms. The first-order valence-corrected chi connectivity index (χ1v) is 12.0. The summed E-state index contributed by atoms with van der Waals surface area (Å²) in [5.41, 5.74) is 3.09. The highest BCUT2D eigenvalue weighted by Gasteiger charge is 2.24. The third kappa shape index (κ3) is 4.78. The standard InChI is InChI=1S/C20H21F2N5O2S2/c1-23-15-6-7-27(10-15)18-8-13(21)2-4-17(18)25-14-3-5-19(16(22)9-14)31(28,29)26-20-11-30-12-24-20/h2-5,8-9,11-12,15,23,25-26H,6-7,10H2,1H3/t15-/m1/s1. The molecule has 4 rings (SSSR count). The van der Waals surface area contributed by atoms with Gasteiger partial charge in [0.15, 0.2) is 5.82 Å². The zero-order chi connectivity index (χ0) is 22.0. The minimum atomic E-state index is -4.11. The van der Waals surface area contributed by atoms with E-state index in [1.54, 1.807) is 6.07 Å². The fourth-order valence-corrected chi connectivity index (χ4v) is 5.11. The molecule has 7 nitrogen and oxygen atoms in total. The molecule has 1 aliphatic rings. The third-order valence-corrected chi connectivity index (χ3v) is 7.04. The van der Waals surface area contributed by atoms with E-state index in [4.69, 9.17) is 0 Å². The van der Waals surface area contributed by atoms with Crippen molar-refractivity contribution in [2.24, 2.45) is 0 Å². The predicted molar refractivity (Wildman–Crippen MR) is 119 cm³/mol. The quantitative estimate of drug-likeness (QED) is 0.493. The van der Waals surface area contributed by atoms with E-state index < -0.39 is 20.7 Å². The average Bonchev–Trinajstić information content (AvgIpc) is 3.40. The monoisotopic (exact) mass is 465 g/mol. The van der Waals surface area contributed by atoms with Gasteiger partial charge in [-0.05, 0) is 49.9 Å².